The van der Waals surface area contributed by atoms with Gasteiger partial charge in [0.2, 0.25) is 5.95 Å². The zero-order valence-corrected chi connectivity index (χ0v) is 13.3. The molecule has 3 atom stereocenters. The molecule has 0 amide bonds. The molecule has 2 N–H and O–H groups in total. The lowest BCUT2D eigenvalue weighted by atomic mass is 10.0. The van der Waals surface area contributed by atoms with Gasteiger partial charge in [0.1, 0.15) is 11.2 Å². The SMILES string of the molecule is CC(C)(F)C(F)c1cc(F)c2cnc(N[C@@H]3CCOC[C@H]3O)nn12. The zero-order chi connectivity index (χ0) is 17.5. The highest BCUT2D eigenvalue weighted by Crippen LogP contribution is 2.34. The van der Waals surface area contributed by atoms with E-state index < -0.39 is 23.8 Å². The Balaban J connectivity index is 1.94. The summed E-state index contributed by atoms with van der Waals surface area (Å²) in [6, 6.07) is 0.585. The molecule has 1 aliphatic rings. The topological polar surface area (TPSA) is 71.7 Å². The van der Waals surface area contributed by atoms with Crippen molar-refractivity contribution >= 4 is 11.5 Å². The summed E-state index contributed by atoms with van der Waals surface area (Å²) in [5, 5.41) is 16.9. The number of nitrogens with one attached hydrogen (secondary N) is 1. The Labute approximate surface area is 136 Å². The summed E-state index contributed by atoms with van der Waals surface area (Å²) in [5.74, 6) is -0.635. The second kappa shape index (κ2) is 6.21. The largest absolute Gasteiger partial charge is 0.389 e. The maximum absolute atomic E-state index is 14.3. The van der Waals surface area contributed by atoms with Crippen LogP contribution in [-0.4, -0.2) is 50.7 Å². The van der Waals surface area contributed by atoms with Crippen LogP contribution in [0.2, 0.25) is 0 Å². The van der Waals surface area contributed by atoms with E-state index in [-0.39, 0.29) is 29.8 Å². The number of anilines is 1. The van der Waals surface area contributed by atoms with Crippen LogP contribution in [0.4, 0.5) is 19.1 Å². The minimum Gasteiger partial charge on any atom is -0.389 e. The van der Waals surface area contributed by atoms with Gasteiger partial charge in [0.25, 0.3) is 0 Å². The Morgan fingerprint density at radius 3 is 2.92 bits per heavy atom. The first-order chi connectivity index (χ1) is 11.3. The van der Waals surface area contributed by atoms with E-state index in [2.05, 4.69) is 15.4 Å². The molecule has 0 aliphatic carbocycles. The van der Waals surface area contributed by atoms with Gasteiger partial charge < -0.3 is 15.2 Å². The second-order valence-electron chi connectivity index (χ2n) is 6.40. The van der Waals surface area contributed by atoms with E-state index in [4.69, 9.17) is 4.74 Å². The van der Waals surface area contributed by atoms with Crippen LogP contribution in [0.1, 0.15) is 32.1 Å². The molecule has 2 aromatic heterocycles. The van der Waals surface area contributed by atoms with E-state index in [9.17, 15) is 18.3 Å². The predicted octanol–water partition coefficient (Wildman–Crippen LogP) is 2.19. The third-order valence-corrected chi connectivity index (χ3v) is 4.00. The highest BCUT2D eigenvalue weighted by atomic mass is 19.2. The first kappa shape index (κ1) is 17.0. The van der Waals surface area contributed by atoms with Crippen LogP contribution in [0.3, 0.4) is 0 Å². The van der Waals surface area contributed by atoms with Gasteiger partial charge in [-0.3, -0.25) is 0 Å². The number of fused-ring (bicyclic) bond motifs is 1. The van der Waals surface area contributed by atoms with Crippen LogP contribution in [0, 0.1) is 5.82 Å². The van der Waals surface area contributed by atoms with Crippen molar-refractivity contribution in [2.24, 2.45) is 0 Å². The normalized spacial score (nSPS) is 23.4. The minimum atomic E-state index is -2.18. The third kappa shape index (κ3) is 3.18. The standard InChI is InChI=1S/C15H19F3N4O2/c1-15(2,18)13(17)10-5-8(16)11-6-19-14(21-22(10)11)20-9-3-4-24-7-12(9)23/h5-6,9,12-13,23H,3-4,7H2,1-2H3,(H,20,21)/t9-,12-,13?/m1/s1. The zero-order valence-electron chi connectivity index (χ0n) is 13.3. The van der Waals surface area contributed by atoms with E-state index in [1.54, 1.807) is 0 Å². The molecule has 0 bridgehead atoms. The Morgan fingerprint density at radius 2 is 2.25 bits per heavy atom. The van der Waals surface area contributed by atoms with Crippen molar-refractivity contribution in [3.8, 4) is 0 Å². The summed E-state index contributed by atoms with van der Waals surface area (Å²) >= 11 is 0. The molecule has 9 heteroatoms. The van der Waals surface area contributed by atoms with E-state index >= 15 is 0 Å². The summed E-state index contributed by atoms with van der Waals surface area (Å²) in [7, 11) is 0. The fourth-order valence-electron chi connectivity index (χ4n) is 2.63. The molecule has 3 heterocycles. The highest BCUT2D eigenvalue weighted by Gasteiger charge is 2.34. The minimum absolute atomic E-state index is 0.0463. The van der Waals surface area contributed by atoms with Crippen LogP contribution in [-0.2, 0) is 4.74 Å². The smallest absolute Gasteiger partial charge is 0.241 e. The monoisotopic (exact) mass is 344 g/mol. The maximum Gasteiger partial charge on any atom is 0.241 e. The van der Waals surface area contributed by atoms with Crippen molar-refractivity contribution in [3.63, 3.8) is 0 Å². The van der Waals surface area contributed by atoms with Crippen LogP contribution in [0.5, 0.6) is 0 Å². The van der Waals surface area contributed by atoms with Crippen molar-refractivity contribution in [3.05, 3.63) is 23.8 Å². The molecule has 0 spiro atoms. The number of ether oxygens (including phenoxy) is 1. The summed E-state index contributed by atoms with van der Waals surface area (Å²) in [4.78, 5) is 3.98. The number of halogens is 3. The van der Waals surface area contributed by atoms with Gasteiger partial charge in [-0.15, -0.1) is 5.10 Å². The van der Waals surface area contributed by atoms with E-state index in [1.165, 1.54) is 6.20 Å². The van der Waals surface area contributed by atoms with Gasteiger partial charge in [0.15, 0.2) is 12.0 Å². The molecule has 3 rings (SSSR count). The predicted molar refractivity (Wildman–Crippen MR) is 80.8 cm³/mol. The summed E-state index contributed by atoms with van der Waals surface area (Å²) in [6.45, 7) is 2.82. The van der Waals surface area contributed by atoms with Gasteiger partial charge in [0.05, 0.1) is 30.6 Å². The van der Waals surface area contributed by atoms with E-state index in [1.807, 2.05) is 0 Å². The molecule has 1 aliphatic heterocycles. The van der Waals surface area contributed by atoms with Gasteiger partial charge in [-0.05, 0) is 20.3 Å². The third-order valence-electron chi connectivity index (χ3n) is 4.00. The number of rotatable bonds is 4. The van der Waals surface area contributed by atoms with Crippen LogP contribution >= 0.6 is 0 Å². The van der Waals surface area contributed by atoms with Crippen molar-refractivity contribution in [1.29, 1.82) is 0 Å². The molecule has 6 nitrogen and oxygen atoms in total. The molecule has 132 valence electrons. The lowest BCUT2D eigenvalue weighted by Crippen LogP contribution is -2.42. The molecule has 0 aromatic carbocycles. The number of aliphatic hydroxyl groups excluding tert-OH is 1. The van der Waals surface area contributed by atoms with Crippen LogP contribution < -0.4 is 5.32 Å². The van der Waals surface area contributed by atoms with Crippen molar-refractivity contribution in [2.75, 3.05) is 18.5 Å². The number of alkyl halides is 2. The average Bonchev–Trinajstić information content (AvgIpc) is 2.84. The van der Waals surface area contributed by atoms with Crippen molar-refractivity contribution in [1.82, 2.24) is 14.6 Å². The molecular formula is C15H19F3N4O2. The number of hydrogen-bond donors (Lipinski definition) is 2. The molecular weight excluding hydrogens is 325 g/mol. The number of nitrogens with zero attached hydrogens (tertiary/aromatic N) is 3. The number of hydrogen-bond acceptors (Lipinski definition) is 5. The van der Waals surface area contributed by atoms with Gasteiger partial charge >= 0.3 is 0 Å². The Kier molecular flexibility index (Phi) is 4.39. The lowest BCUT2D eigenvalue weighted by Gasteiger charge is -2.28. The fourth-order valence-corrected chi connectivity index (χ4v) is 2.63. The van der Waals surface area contributed by atoms with Crippen LogP contribution in [0.25, 0.3) is 5.52 Å². The molecule has 2 aromatic rings. The molecule has 1 unspecified atom stereocenters. The van der Waals surface area contributed by atoms with E-state index in [0.717, 1.165) is 24.4 Å². The number of aliphatic hydroxyl groups is 1. The second-order valence-corrected chi connectivity index (χ2v) is 6.40. The molecule has 0 saturated carbocycles. The van der Waals surface area contributed by atoms with Gasteiger partial charge in [-0.25, -0.2) is 22.7 Å². The first-order valence-corrected chi connectivity index (χ1v) is 7.67. The van der Waals surface area contributed by atoms with Crippen molar-refractivity contribution in [2.45, 2.75) is 44.3 Å². The lowest BCUT2D eigenvalue weighted by molar-refractivity contribution is -0.0136. The molecule has 1 fully saturated rings. The van der Waals surface area contributed by atoms with Crippen LogP contribution in [0.15, 0.2) is 12.3 Å². The molecule has 24 heavy (non-hydrogen) atoms. The summed E-state index contributed by atoms with van der Waals surface area (Å²) < 4.78 is 48.3. The Hall–Kier alpha value is -1.87. The van der Waals surface area contributed by atoms with Gasteiger partial charge in [0, 0.05) is 12.7 Å². The Morgan fingerprint density at radius 1 is 1.50 bits per heavy atom. The van der Waals surface area contributed by atoms with Crippen molar-refractivity contribution < 1.29 is 23.0 Å². The molecule has 0 radical (unpaired) electrons. The highest BCUT2D eigenvalue weighted by molar-refractivity contribution is 5.50. The maximum atomic E-state index is 14.3. The Bertz CT molecular complexity index is 731. The average molecular weight is 344 g/mol. The quantitative estimate of drug-likeness (QED) is 0.890. The fraction of sp³-hybridized carbons (Fsp3) is 0.600. The summed E-state index contributed by atoms with van der Waals surface area (Å²) in [6.07, 6.45) is -1.06. The van der Waals surface area contributed by atoms with E-state index in [0.29, 0.717) is 13.0 Å². The first-order valence-electron chi connectivity index (χ1n) is 7.67. The summed E-state index contributed by atoms with van der Waals surface area (Å²) in [5.41, 5.74) is -2.46. The molecule has 1 saturated heterocycles. The van der Waals surface area contributed by atoms with Gasteiger partial charge in [-0.2, -0.15) is 0 Å². The number of aromatic nitrogens is 3. The van der Waals surface area contributed by atoms with Gasteiger partial charge in [-0.1, -0.05) is 0 Å².